The van der Waals surface area contributed by atoms with Gasteiger partial charge in [-0.2, -0.15) is 0 Å². The lowest BCUT2D eigenvalue weighted by Crippen LogP contribution is -3.07. The fraction of sp³-hybridized carbons (Fsp3) is 0.385. The number of hydrogen-bond acceptors (Lipinski definition) is 2. The highest BCUT2D eigenvalue weighted by Crippen LogP contribution is 3.05. The van der Waals surface area contributed by atoms with Crippen LogP contribution in [0.15, 0.2) is 67.3 Å². The number of nitrogens with one attached hydrogen (secondary N) is 1. The number of carbonyl (C=O) groups excluding carboxylic acids is 1. The van der Waals surface area contributed by atoms with Crippen molar-refractivity contribution in [1.82, 2.24) is 14.9 Å². The van der Waals surface area contributed by atoms with Crippen LogP contribution in [0.5, 0.6) is 0 Å². The average molecular weight is 393 g/mol. The Bertz CT molecular complexity index is 1140. The highest BCUT2D eigenvalue weighted by molar-refractivity contribution is 5.91. The number of aromatic nitrogens is 2. The van der Waals surface area contributed by atoms with E-state index in [0.29, 0.717) is 12.5 Å². The largest absolute Gasteiger partial charge is 0.351 e. The summed E-state index contributed by atoms with van der Waals surface area (Å²) in [5.74, 6) is 6.55. The van der Waals surface area contributed by atoms with Gasteiger partial charge in [-0.25, -0.2) is 4.98 Å². The maximum Gasteiger partial charge on any atom is 0.227 e. The lowest BCUT2D eigenvalue weighted by Gasteiger charge is -3.06. The van der Waals surface area contributed by atoms with E-state index in [1.165, 1.54) is 22.3 Å². The number of imidazole rings is 1. The lowest BCUT2D eigenvalue weighted by molar-refractivity contribution is -0.596. The van der Waals surface area contributed by atoms with E-state index < -0.39 is 0 Å². The van der Waals surface area contributed by atoms with Crippen LogP contribution >= 0.6 is 0 Å². The minimum atomic E-state index is 0.0820. The Morgan fingerprint density at radius 3 is 2.40 bits per heavy atom. The monoisotopic (exact) mass is 393 g/mol. The first-order valence-electron chi connectivity index (χ1n) is 11.2. The van der Waals surface area contributed by atoms with Crippen molar-refractivity contribution in [2.24, 2.45) is 46.8 Å². The number of hydrogen-bond donors (Lipinski definition) is 1. The number of benzene rings is 2. The van der Waals surface area contributed by atoms with Gasteiger partial charge in [-0.1, -0.05) is 48.5 Å². The maximum atomic E-state index is 13.1. The topological polar surface area (TPSA) is 46.9 Å². The molecule has 3 aromatic rings. The van der Waals surface area contributed by atoms with Gasteiger partial charge in [0.1, 0.15) is 0 Å². The van der Waals surface area contributed by atoms with Crippen molar-refractivity contribution in [1.29, 1.82) is 0 Å². The van der Waals surface area contributed by atoms with Crippen molar-refractivity contribution >= 4 is 5.91 Å². The molecule has 4 heteroatoms. The third kappa shape index (κ3) is 1.52. The molecule has 1 N–H and O–H groups in total. The van der Waals surface area contributed by atoms with E-state index in [2.05, 4.69) is 63.4 Å². The van der Waals surface area contributed by atoms with Gasteiger partial charge in [0.15, 0.2) is 0 Å². The van der Waals surface area contributed by atoms with Gasteiger partial charge < -0.3 is 9.88 Å². The fourth-order valence-electron chi connectivity index (χ4n) is 8.55. The first-order chi connectivity index (χ1) is 14.8. The highest BCUT2D eigenvalue weighted by atomic mass is 16.2. The summed E-state index contributed by atoms with van der Waals surface area (Å²) in [4.78, 5) is 17.2. The Morgan fingerprint density at radius 2 is 1.70 bits per heavy atom. The zero-order valence-corrected chi connectivity index (χ0v) is 16.6. The van der Waals surface area contributed by atoms with Crippen molar-refractivity contribution in [2.45, 2.75) is 13.1 Å². The molecule has 6 fully saturated rings. The van der Waals surface area contributed by atoms with Crippen molar-refractivity contribution < 1.29 is 4.79 Å². The van der Waals surface area contributed by atoms with Crippen LogP contribution in [-0.2, 0) is 17.9 Å². The van der Waals surface area contributed by atoms with Crippen LogP contribution in [0.25, 0.3) is 11.1 Å². The second-order valence-electron chi connectivity index (χ2n) is 10.1. The van der Waals surface area contributed by atoms with E-state index in [-0.39, 0.29) is 5.41 Å². The molecular formula is C26H23N3O. The van der Waals surface area contributed by atoms with Crippen LogP contribution in [0.3, 0.4) is 0 Å². The molecule has 6 aliphatic carbocycles. The third-order valence-corrected chi connectivity index (χ3v) is 9.52. The number of nitrogens with zero attached hydrogens (tertiary/aromatic N) is 2. The Morgan fingerprint density at radius 1 is 0.967 bits per heavy atom. The van der Waals surface area contributed by atoms with Crippen molar-refractivity contribution in [3.05, 3.63) is 78.4 Å². The van der Waals surface area contributed by atoms with E-state index >= 15 is 0 Å². The number of carbonyl (C=O) groups is 1. The predicted octanol–water partition coefficient (Wildman–Crippen LogP) is 3.58. The number of rotatable bonds is 6. The molecule has 1 heterocycles. The van der Waals surface area contributed by atoms with Crippen LogP contribution in [0.4, 0.5) is 0 Å². The van der Waals surface area contributed by atoms with E-state index in [1.54, 1.807) is 0 Å². The molecule has 1 amide bonds. The SMILES string of the molecule is O=C(NCc1ccccc1-c1ccc(Cn2ccnc2)cc1)C12C3C4C5C3C1C5C42. The number of amides is 1. The van der Waals surface area contributed by atoms with E-state index in [9.17, 15) is 4.79 Å². The zero-order chi connectivity index (χ0) is 19.6. The second kappa shape index (κ2) is 5.05. The summed E-state index contributed by atoms with van der Waals surface area (Å²) < 4.78 is 2.07. The smallest absolute Gasteiger partial charge is 0.227 e. The highest BCUT2D eigenvalue weighted by Gasteiger charge is 3.06. The first kappa shape index (κ1) is 15.9. The lowest BCUT2D eigenvalue weighted by atomic mass is 8.96. The molecule has 6 saturated carbocycles. The van der Waals surface area contributed by atoms with E-state index in [0.717, 1.165) is 48.0 Å². The van der Waals surface area contributed by atoms with Gasteiger partial charge in [-0.3, -0.25) is 4.79 Å². The molecule has 4 nitrogen and oxygen atoms in total. The molecule has 0 unspecified atom stereocenters. The molecule has 0 saturated heterocycles. The molecule has 0 radical (unpaired) electrons. The first-order valence-corrected chi connectivity index (χ1v) is 11.2. The minimum Gasteiger partial charge on any atom is -0.351 e. The molecule has 1 aromatic heterocycles. The van der Waals surface area contributed by atoms with Crippen LogP contribution in [-0.4, -0.2) is 15.5 Å². The van der Waals surface area contributed by atoms with Gasteiger partial charge in [-0.05, 0) is 63.7 Å². The Balaban J connectivity index is 1.00. The minimum absolute atomic E-state index is 0.0820. The zero-order valence-electron chi connectivity index (χ0n) is 16.6. The normalized spacial score (nSPS) is 39.5. The molecule has 0 aliphatic heterocycles. The molecule has 6 aliphatic rings. The molecule has 0 bridgehead atoms. The van der Waals surface area contributed by atoms with Crippen molar-refractivity contribution in [2.75, 3.05) is 0 Å². The second-order valence-corrected chi connectivity index (χ2v) is 10.1. The quantitative estimate of drug-likeness (QED) is 0.696. The third-order valence-electron chi connectivity index (χ3n) is 9.52. The summed E-state index contributed by atoms with van der Waals surface area (Å²) in [5, 5.41) is 3.34. The van der Waals surface area contributed by atoms with Gasteiger partial charge in [-0.15, -0.1) is 0 Å². The summed E-state index contributed by atoms with van der Waals surface area (Å²) in [7, 11) is 0. The van der Waals surface area contributed by atoms with E-state index in [4.69, 9.17) is 0 Å². The van der Waals surface area contributed by atoms with Crippen molar-refractivity contribution in [3.8, 4) is 11.1 Å². The standard InChI is InChI=1S/C26H23N3O/c30-25(26-22-19-18-20(22)24(26)21(18)23(19)26)28-11-16-3-1-2-4-17(16)15-7-5-14(6-8-15)12-29-10-9-27-13-29/h1-10,13,18-24H,11-12H2,(H,28,30). The summed E-state index contributed by atoms with van der Waals surface area (Å²) in [6, 6.07) is 17.2. The van der Waals surface area contributed by atoms with Crippen LogP contribution in [0.2, 0.25) is 0 Å². The predicted molar refractivity (Wildman–Crippen MR) is 112 cm³/mol. The summed E-state index contributed by atoms with van der Waals surface area (Å²) >= 11 is 0. The Labute approximate surface area is 175 Å². The summed E-state index contributed by atoms with van der Waals surface area (Å²) in [6.45, 7) is 1.45. The van der Waals surface area contributed by atoms with Gasteiger partial charge >= 0.3 is 0 Å². The van der Waals surface area contributed by atoms with Crippen LogP contribution < -0.4 is 5.32 Å². The maximum absolute atomic E-state index is 13.1. The summed E-state index contributed by atoms with van der Waals surface area (Å²) in [5.41, 5.74) is 4.94. The van der Waals surface area contributed by atoms with Gasteiger partial charge in [0.2, 0.25) is 5.91 Å². The van der Waals surface area contributed by atoms with E-state index in [1.807, 2.05) is 18.7 Å². The molecule has 0 spiro atoms. The summed E-state index contributed by atoms with van der Waals surface area (Å²) in [6.07, 6.45) is 5.63. The average Bonchev–Trinajstić information content (AvgIpc) is 3.31. The Hall–Kier alpha value is -2.88. The molecular weight excluding hydrogens is 370 g/mol. The molecule has 148 valence electrons. The Kier molecular flexibility index (Phi) is 2.68. The van der Waals surface area contributed by atoms with Gasteiger partial charge in [0.25, 0.3) is 0 Å². The molecule has 30 heavy (non-hydrogen) atoms. The van der Waals surface area contributed by atoms with Gasteiger partial charge in [0.05, 0.1) is 11.7 Å². The molecule has 0 atom stereocenters. The molecule has 9 rings (SSSR count). The van der Waals surface area contributed by atoms with Crippen LogP contribution in [0, 0.1) is 46.8 Å². The van der Waals surface area contributed by atoms with Gasteiger partial charge in [0, 0.05) is 25.5 Å². The van der Waals surface area contributed by atoms with Crippen molar-refractivity contribution in [3.63, 3.8) is 0 Å². The molecule has 2 aromatic carbocycles. The van der Waals surface area contributed by atoms with Crippen LogP contribution in [0.1, 0.15) is 11.1 Å². The fourth-order valence-corrected chi connectivity index (χ4v) is 8.55.